The molecule has 1 saturated heterocycles. The number of H-pyrrole nitrogens is 1. The lowest BCUT2D eigenvalue weighted by atomic mass is 9.95. The number of hydrogen-bond acceptors (Lipinski definition) is 6. The molecule has 1 aromatic carbocycles. The molecule has 1 unspecified atom stereocenters. The molecule has 0 radical (unpaired) electrons. The first-order valence-corrected chi connectivity index (χ1v) is 8.19. The number of likely N-dealkylation sites (tertiary alicyclic amines) is 1. The molecule has 130 valence electrons. The van der Waals surface area contributed by atoms with E-state index in [-0.39, 0.29) is 0 Å². The summed E-state index contributed by atoms with van der Waals surface area (Å²) < 4.78 is 10.6. The molecule has 2 heterocycles. The van der Waals surface area contributed by atoms with Gasteiger partial charge in [-0.1, -0.05) is 0 Å². The zero-order valence-electron chi connectivity index (χ0n) is 14.1. The van der Waals surface area contributed by atoms with Crippen LogP contribution in [-0.2, 0) is 0 Å². The smallest absolute Gasteiger partial charge is 0.137 e. The van der Waals surface area contributed by atoms with Crippen molar-refractivity contribution in [2.24, 2.45) is 0 Å². The number of aliphatic hydroxyl groups excluding tert-OH is 1. The molecule has 1 aromatic heterocycles. The number of nitrogens with zero attached hydrogens (tertiary/aromatic N) is 3. The fraction of sp³-hybridized carbons (Fsp3) is 0.529. The monoisotopic (exact) mass is 332 g/mol. The van der Waals surface area contributed by atoms with Gasteiger partial charge < -0.3 is 19.5 Å². The van der Waals surface area contributed by atoms with Crippen LogP contribution in [-0.4, -0.2) is 59.0 Å². The third-order valence-corrected chi connectivity index (χ3v) is 4.63. The Morgan fingerprint density at radius 1 is 1.29 bits per heavy atom. The number of aliphatic hydroxyl groups is 1. The maximum Gasteiger partial charge on any atom is 0.137 e. The van der Waals surface area contributed by atoms with Crippen LogP contribution in [0.15, 0.2) is 24.5 Å². The van der Waals surface area contributed by atoms with Crippen molar-refractivity contribution >= 4 is 0 Å². The highest BCUT2D eigenvalue weighted by Gasteiger charge is 2.25. The lowest BCUT2D eigenvalue weighted by Gasteiger charge is -2.32. The first-order valence-electron chi connectivity index (χ1n) is 8.19. The molecule has 1 atom stereocenters. The van der Waals surface area contributed by atoms with E-state index in [9.17, 15) is 5.11 Å². The van der Waals surface area contributed by atoms with Crippen molar-refractivity contribution in [3.8, 4) is 11.5 Å². The average molecular weight is 332 g/mol. The number of piperidine rings is 1. The molecule has 7 heteroatoms. The van der Waals surface area contributed by atoms with Crippen molar-refractivity contribution in [1.82, 2.24) is 20.1 Å². The van der Waals surface area contributed by atoms with Crippen LogP contribution >= 0.6 is 0 Å². The third-order valence-electron chi connectivity index (χ3n) is 4.63. The summed E-state index contributed by atoms with van der Waals surface area (Å²) in [5.74, 6) is 2.78. The van der Waals surface area contributed by atoms with Crippen molar-refractivity contribution in [2.45, 2.75) is 24.9 Å². The van der Waals surface area contributed by atoms with E-state index >= 15 is 0 Å². The summed E-state index contributed by atoms with van der Waals surface area (Å²) >= 11 is 0. The van der Waals surface area contributed by atoms with Gasteiger partial charge in [0.1, 0.15) is 23.7 Å². The van der Waals surface area contributed by atoms with Crippen LogP contribution < -0.4 is 9.47 Å². The fourth-order valence-electron chi connectivity index (χ4n) is 3.24. The second-order valence-electron chi connectivity index (χ2n) is 6.07. The molecule has 1 aliphatic rings. The van der Waals surface area contributed by atoms with Gasteiger partial charge in [0.2, 0.25) is 0 Å². The number of nitrogens with one attached hydrogen (secondary N) is 1. The van der Waals surface area contributed by atoms with Crippen LogP contribution in [0.4, 0.5) is 0 Å². The third kappa shape index (κ3) is 3.68. The quantitative estimate of drug-likeness (QED) is 0.838. The predicted molar refractivity (Wildman–Crippen MR) is 89.3 cm³/mol. The zero-order chi connectivity index (χ0) is 16.9. The number of benzene rings is 1. The molecule has 2 N–H and O–H groups in total. The molecule has 0 bridgehead atoms. The zero-order valence-corrected chi connectivity index (χ0v) is 14.1. The summed E-state index contributed by atoms with van der Waals surface area (Å²) in [5, 5.41) is 17.5. The maximum absolute atomic E-state index is 10.6. The summed E-state index contributed by atoms with van der Waals surface area (Å²) in [6.07, 6.45) is 2.96. The van der Waals surface area contributed by atoms with E-state index < -0.39 is 6.10 Å². The summed E-state index contributed by atoms with van der Waals surface area (Å²) in [6.45, 7) is 2.43. The Morgan fingerprint density at radius 2 is 2.08 bits per heavy atom. The minimum absolute atomic E-state index is 0.423. The van der Waals surface area contributed by atoms with Gasteiger partial charge in [0.15, 0.2) is 0 Å². The van der Waals surface area contributed by atoms with E-state index in [1.54, 1.807) is 20.5 Å². The SMILES string of the molecule is COc1ccc(OC)c(C(O)CN2CCC(c3ncn[nH]3)CC2)c1. The number of β-amino-alcohol motifs (C(OH)–C–C–N with tert-alkyl or cyclic N) is 1. The number of aromatic amines is 1. The Balaban J connectivity index is 1.60. The van der Waals surface area contributed by atoms with E-state index in [1.165, 1.54) is 0 Å². The molecule has 7 nitrogen and oxygen atoms in total. The van der Waals surface area contributed by atoms with Crippen LogP contribution in [0.2, 0.25) is 0 Å². The summed E-state index contributed by atoms with van der Waals surface area (Å²) in [5.41, 5.74) is 0.759. The second-order valence-corrected chi connectivity index (χ2v) is 6.07. The van der Waals surface area contributed by atoms with Crippen molar-refractivity contribution < 1.29 is 14.6 Å². The van der Waals surface area contributed by atoms with Crippen molar-refractivity contribution in [2.75, 3.05) is 33.9 Å². The van der Waals surface area contributed by atoms with Crippen LogP contribution in [0.1, 0.15) is 36.3 Å². The fourth-order valence-corrected chi connectivity index (χ4v) is 3.24. The van der Waals surface area contributed by atoms with Crippen molar-refractivity contribution in [3.63, 3.8) is 0 Å². The molecule has 0 aliphatic carbocycles. The predicted octanol–water partition coefficient (Wildman–Crippen LogP) is 1.73. The summed E-state index contributed by atoms with van der Waals surface area (Å²) in [7, 11) is 3.23. The molecule has 1 aliphatic heterocycles. The maximum atomic E-state index is 10.6. The van der Waals surface area contributed by atoms with Crippen molar-refractivity contribution in [1.29, 1.82) is 0 Å². The average Bonchev–Trinajstić information content (AvgIpc) is 3.16. The first kappa shape index (κ1) is 16.7. The summed E-state index contributed by atoms with van der Waals surface area (Å²) in [6, 6.07) is 5.50. The molecule has 3 rings (SSSR count). The molecular weight excluding hydrogens is 308 g/mol. The first-order chi connectivity index (χ1) is 11.7. The minimum Gasteiger partial charge on any atom is -0.497 e. The molecule has 2 aromatic rings. The van der Waals surface area contributed by atoms with E-state index in [0.717, 1.165) is 37.3 Å². The van der Waals surface area contributed by atoms with Gasteiger partial charge in [0.25, 0.3) is 0 Å². The second kappa shape index (κ2) is 7.63. The molecule has 0 amide bonds. The topological polar surface area (TPSA) is 83.5 Å². The van der Waals surface area contributed by atoms with Crippen LogP contribution in [0.25, 0.3) is 0 Å². The Bertz CT molecular complexity index is 639. The standard InChI is InChI=1S/C17H24N4O3/c1-23-13-3-4-16(24-2)14(9-13)15(22)10-21-7-5-12(6-8-21)17-18-11-19-20-17/h3-4,9,11-12,15,22H,5-8,10H2,1-2H3,(H,18,19,20). The van der Waals surface area contributed by atoms with Crippen LogP contribution in [0.3, 0.4) is 0 Å². The van der Waals surface area contributed by atoms with E-state index in [4.69, 9.17) is 9.47 Å². The van der Waals surface area contributed by atoms with E-state index in [2.05, 4.69) is 20.1 Å². The van der Waals surface area contributed by atoms with Gasteiger partial charge >= 0.3 is 0 Å². The number of rotatable bonds is 6. The Labute approximate surface area is 141 Å². The van der Waals surface area contributed by atoms with Gasteiger partial charge in [-0.05, 0) is 44.1 Å². The normalized spacial score (nSPS) is 17.6. The van der Waals surface area contributed by atoms with Crippen molar-refractivity contribution in [3.05, 3.63) is 35.9 Å². The lowest BCUT2D eigenvalue weighted by molar-refractivity contribution is 0.0945. The molecule has 1 fully saturated rings. The molecular formula is C17H24N4O3. The van der Waals surface area contributed by atoms with Crippen LogP contribution in [0, 0.1) is 0 Å². The highest BCUT2D eigenvalue weighted by molar-refractivity contribution is 5.41. The van der Waals surface area contributed by atoms with E-state index in [1.807, 2.05) is 18.2 Å². The molecule has 24 heavy (non-hydrogen) atoms. The van der Waals surface area contributed by atoms with Crippen LogP contribution in [0.5, 0.6) is 11.5 Å². The van der Waals surface area contributed by atoms with Gasteiger partial charge in [-0.3, -0.25) is 5.10 Å². The molecule has 0 saturated carbocycles. The van der Waals surface area contributed by atoms with Gasteiger partial charge in [0.05, 0.1) is 20.3 Å². The summed E-state index contributed by atoms with van der Waals surface area (Å²) in [4.78, 5) is 6.52. The largest absolute Gasteiger partial charge is 0.497 e. The highest BCUT2D eigenvalue weighted by Crippen LogP contribution is 2.31. The minimum atomic E-state index is -0.614. The van der Waals surface area contributed by atoms with Gasteiger partial charge in [-0.2, -0.15) is 5.10 Å². The number of ether oxygens (including phenoxy) is 2. The van der Waals surface area contributed by atoms with E-state index in [0.29, 0.717) is 24.0 Å². The number of methoxy groups -OCH3 is 2. The highest BCUT2D eigenvalue weighted by atomic mass is 16.5. The number of hydrogen-bond donors (Lipinski definition) is 2. The Hall–Kier alpha value is -2.12. The lowest BCUT2D eigenvalue weighted by Crippen LogP contribution is -2.36. The molecule has 0 spiro atoms. The van der Waals surface area contributed by atoms with Gasteiger partial charge in [-0.25, -0.2) is 4.98 Å². The Morgan fingerprint density at radius 3 is 2.71 bits per heavy atom. The Kier molecular flexibility index (Phi) is 5.32. The number of aromatic nitrogens is 3. The van der Waals surface area contributed by atoms with Gasteiger partial charge in [-0.15, -0.1) is 0 Å². The van der Waals surface area contributed by atoms with Gasteiger partial charge in [0, 0.05) is 18.0 Å².